The van der Waals surface area contributed by atoms with Crippen molar-refractivity contribution in [2.24, 2.45) is 5.92 Å². The van der Waals surface area contributed by atoms with Gasteiger partial charge in [-0.15, -0.1) is 0 Å². The molecule has 1 aliphatic rings. The summed E-state index contributed by atoms with van der Waals surface area (Å²) in [7, 11) is 0. The smallest absolute Gasteiger partial charge is 0.194 e. The number of aliphatic hydroxyl groups is 1. The first-order valence-electron chi connectivity index (χ1n) is 4.96. The van der Waals surface area contributed by atoms with Gasteiger partial charge < -0.3 is 14.3 Å². The van der Waals surface area contributed by atoms with Gasteiger partial charge in [-0.1, -0.05) is 0 Å². The Morgan fingerprint density at radius 1 is 1.71 bits per heavy atom. The molecule has 0 bridgehead atoms. The van der Waals surface area contributed by atoms with Crippen molar-refractivity contribution in [2.75, 3.05) is 13.2 Å². The molecular formula is C10H15NO3. The van der Waals surface area contributed by atoms with E-state index in [1.54, 1.807) is 13.1 Å². The summed E-state index contributed by atoms with van der Waals surface area (Å²) in [5.41, 5.74) is 0. The third-order valence-corrected chi connectivity index (χ3v) is 2.47. The summed E-state index contributed by atoms with van der Waals surface area (Å²) in [6.45, 7) is 3.31. The summed E-state index contributed by atoms with van der Waals surface area (Å²) < 4.78 is 10.7. The van der Waals surface area contributed by atoms with E-state index in [1.165, 1.54) is 0 Å². The van der Waals surface area contributed by atoms with Crippen LogP contribution in [-0.2, 0) is 11.2 Å². The third-order valence-electron chi connectivity index (χ3n) is 2.47. The van der Waals surface area contributed by atoms with E-state index in [0.717, 1.165) is 26.1 Å². The Labute approximate surface area is 82.9 Å². The average Bonchev–Trinajstić information content (AvgIpc) is 2.75. The van der Waals surface area contributed by atoms with Gasteiger partial charge in [0.15, 0.2) is 11.7 Å². The molecule has 0 aliphatic carbocycles. The Bertz CT molecular complexity index is 289. The molecule has 1 aliphatic heterocycles. The third kappa shape index (κ3) is 2.13. The fourth-order valence-corrected chi connectivity index (χ4v) is 1.60. The molecule has 0 aromatic carbocycles. The van der Waals surface area contributed by atoms with Gasteiger partial charge in [0, 0.05) is 19.6 Å². The first-order chi connectivity index (χ1) is 6.75. The molecule has 1 fully saturated rings. The van der Waals surface area contributed by atoms with Crippen molar-refractivity contribution in [1.29, 1.82) is 0 Å². The van der Waals surface area contributed by atoms with E-state index in [9.17, 15) is 5.11 Å². The first kappa shape index (κ1) is 9.68. The number of aromatic nitrogens is 1. The van der Waals surface area contributed by atoms with E-state index < -0.39 is 6.10 Å². The number of hydrogen-bond acceptors (Lipinski definition) is 4. The van der Waals surface area contributed by atoms with Crippen LogP contribution in [0.1, 0.15) is 31.1 Å². The molecule has 0 radical (unpaired) electrons. The molecule has 0 amide bonds. The number of ether oxygens (including phenoxy) is 1. The maximum Gasteiger partial charge on any atom is 0.194 e. The summed E-state index contributed by atoms with van der Waals surface area (Å²) in [5, 5.41) is 9.24. The van der Waals surface area contributed by atoms with E-state index in [1.807, 2.05) is 0 Å². The van der Waals surface area contributed by atoms with E-state index >= 15 is 0 Å². The van der Waals surface area contributed by atoms with Crippen LogP contribution in [0.4, 0.5) is 0 Å². The van der Waals surface area contributed by atoms with Crippen LogP contribution < -0.4 is 0 Å². The molecule has 1 aromatic rings. The zero-order valence-corrected chi connectivity index (χ0v) is 8.27. The van der Waals surface area contributed by atoms with Gasteiger partial charge in [0.2, 0.25) is 0 Å². The van der Waals surface area contributed by atoms with Gasteiger partial charge in [-0.05, 0) is 19.3 Å². The fourth-order valence-electron chi connectivity index (χ4n) is 1.60. The maximum absolute atomic E-state index is 9.24. The lowest BCUT2D eigenvalue weighted by molar-refractivity contribution is 0.164. The number of oxazole rings is 1. The van der Waals surface area contributed by atoms with E-state index in [2.05, 4.69) is 4.98 Å². The highest BCUT2D eigenvalue weighted by atomic mass is 16.5. The molecule has 0 spiro atoms. The van der Waals surface area contributed by atoms with Gasteiger partial charge in [-0.3, -0.25) is 0 Å². The molecule has 2 heterocycles. The van der Waals surface area contributed by atoms with Crippen LogP contribution in [0.25, 0.3) is 0 Å². The van der Waals surface area contributed by atoms with Gasteiger partial charge in [0.05, 0.1) is 6.20 Å². The predicted molar refractivity (Wildman–Crippen MR) is 49.8 cm³/mol. The molecule has 14 heavy (non-hydrogen) atoms. The lowest BCUT2D eigenvalue weighted by atomic mass is 10.1. The molecule has 4 heteroatoms. The largest absolute Gasteiger partial charge is 0.443 e. The second kappa shape index (κ2) is 4.11. The lowest BCUT2D eigenvalue weighted by Crippen LogP contribution is -2.03. The molecule has 78 valence electrons. The standard InChI is InChI=1S/C10H15NO3/c1-7(12)9-5-11-10(14-9)4-8-2-3-13-6-8/h5,7-8,12H,2-4,6H2,1H3. The van der Waals surface area contributed by atoms with E-state index in [-0.39, 0.29) is 0 Å². The molecule has 2 rings (SSSR count). The minimum absolute atomic E-state index is 0.524. The Kier molecular flexibility index (Phi) is 2.84. The van der Waals surface area contributed by atoms with Crippen LogP contribution in [0.15, 0.2) is 10.6 Å². The van der Waals surface area contributed by atoms with Crippen molar-refractivity contribution in [2.45, 2.75) is 25.9 Å². The van der Waals surface area contributed by atoms with Crippen molar-refractivity contribution in [1.82, 2.24) is 4.98 Å². The predicted octanol–water partition coefficient (Wildman–Crippen LogP) is 1.31. The number of hydrogen-bond donors (Lipinski definition) is 1. The second-order valence-corrected chi connectivity index (χ2v) is 3.77. The van der Waals surface area contributed by atoms with E-state index in [4.69, 9.17) is 9.15 Å². The van der Waals surface area contributed by atoms with E-state index in [0.29, 0.717) is 17.6 Å². The Balaban J connectivity index is 1.95. The molecule has 1 N–H and O–H groups in total. The quantitative estimate of drug-likeness (QED) is 0.793. The van der Waals surface area contributed by atoms with Crippen LogP contribution in [-0.4, -0.2) is 23.3 Å². The molecule has 0 saturated carbocycles. The van der Waals surface area contributed by atoms with Crippen molar-refractivity contribution in [3.63, 3.8) is 0 Å². The van der Waals surface area contributed by atoms with Gasteiger partial charge in [0.25, 0.3) is 0 Å². The lowest BCUT2D eigenvalue weighted by Gasteiger charge is -2.02. The van der Waals surface area contributed by atoms with Crippen LogP contribution in [0, 0.1) is 5.92 Å². The van der Waals surface area contributed by atoms with Crippen LogP contribution in [0.3, 0.4) is 0 Å². The van der Waals surface area contributed by atoms with Crippen LogP contribution in [0.5, 0.6) is 0 Å². The van der Waals surface area contributed by atoms with Gasteiger partial charge in [0.1, 0.15) is 6.10 Å². The zero-order valence-electron chi connectivity index (χ0n) is 8.27. The van der Waals surface area contributed by atoms with Gasteiger partial charge in [-0.2, -0.15) is 0 Å². The van der Waals surface area contributed by atoms with Gasteiger partial charge in [-0.25, -0.2) is 4.98 Å². The minimum Gasteiger partial charge on any atom is -0.443 e. The summed E-state index contributed by atoms with van der Waals surface area (Å²) in [4.78, 5) is 4.12. The first-order valence-corrected chi connectivity index (χ1v) is 4.96. The van der Waals surface area contributed by atoms with Crippen molar-refractivity contribution >= 4 is 0 Å². The van der Waals surface area contributed by atoms with Crippen LogP contribution >= 0.6 is 0 Å². The molecular weight excluding hydrogens is 182 g/mol. The molecule has 4 nitrogen and oxygen atoms in total. The normalized spacial score (nSPS) is 24.0. The number of nitrogens with zero attached hydrogens (tertiary/aromatic N) is 1. The zero-order chi connectivity index (χ0) is 9.97. The molecule has 2 atom stereocenters. The Morgan fingerprint density at radius 2 is 2.57 bits per heavy atom. The number of rotatable bonds is 3. The second-order valence-electron chi connectivity index (χ2n) is 3.77. The highest BCUT2D eigenvalue weighted by Gasteiger charge is 2.19. The summed E-state index contributed by atoms with van der Waals surface area (Å²) in [5.74, 6) is 1.77. The number of aliphatic hydroxyl groups excluding tert-OH is 1. The van der Waals surface area contributed by atoms with Crippen molar-refractivity contribution in [3.8, 4) is 0 Å². The molecule has 1 aromatic heterocycles. The minimum atomic E-state index is -0.573. The Morgan fingerprint density at radius 3 is 3.14 bits per heavy atom. The highest BCUT2D eigenvalue weighted by molar-refractivity contribution is 4.97. The van der Waals surface area contributed by atoms with Gasteiger partial charge >= 0.3 is 0 Å². The van der Waals surface area contributed by atoms with Crippen molar-refractivity contribution in [3.05, 3.63) is 17.8 Å². The molecule has 1 saturated heterocycles. The summed E-state index contributed by atoms with van der Waals surface area (Å²) >= 11 is 0. The van der Waals surface area contributed by atoms with Crippen LogP contribution in [0.2, 0.25) is 0 Å². The Hall–Kier alpha value is -0.870. The topological polar surface area (TPSA) is 55.5 Å². The van der Waals surface area contributed by atoms with Crippen molar-refractivity contribution < 1.29 is 14.3 Å². The summed E-state index contributed by atoms with van der Waals surface area (Å²) in [6, 6.07) is 0. The maximum atomic E-state index is 9.24. The monoisotopic (exact) mass is 197 g/mol. The SMILES string of the molecule is CC(O)c1cnc(CC2CCOC2)o1. The molecule has 2 unspecified atom stereocenters. The fraction of sp³-hybridized carbons (Fsp3) is 0.700. The average molecular weight is 197 g/mol. The summed E-state index contributed by atoms with van der Waals surface area (Å²) in [6.07, 6.45) is 2.91. The highest BCUT2D eigenvalue weighted by Crippen LogP contribution is 2.20.